The van der Waals surface area contributed by atoms with Gasteiger partial charge in [0.2, 0.25) is 0 Å². The van der Waals surface area contributed by atoms with Gasteiger partial charge in [-0.1, -0.05) is 18.2 Å². The van der Waals surface area contributed by atoms with E-state index in [1.54, 1.807) is 25.3 Å². The number of halogens is 2. The van der Waals surface area contributed by atoms with Gasteiger partial charge in [0, 0.05) is 17.1 Å². The number of benzene rings is 2. The summed E-state index contributed by atoms with van der Waals surface area (Å²) in [5, 5.41) is 2.04. The van der Waals surface area contributed by atoms with Crippen LogP contribution in [0.2, 0.25) is 0 Å². The number of hydrogen-bond donors (Lipinski definition) is 0. The molecule has 2 aromatic carbocycles. The van der Waals surface area contributed by atoms with Crippen LogP contribution in [0.5, 0.6) is 5.75 Å². The molecule has 0 N–H and O–H groups in total. The molecule has 0 aromatic heterocycles. The number of rotatable bonds is 7. The van der Waals surface area contributed by atoms with Gasteiger partial charge in [-0.25, -0.2) is 8.78 Å². The monoisotopic (exact) mass is 431 g/mol. The first-order valence-electron chi connectivity index (χ1n) is 11.1. The smallest absolute Gasteiger partial charge is 0.130 e. The summed E-state index contributed by atoms with van der Waals surface area (Å²) in [5.41, 5.74) is 1.85. The van der Waals surface area contributed by atoms with Crippen molar-refractivity contribution >= 4 is 0 Å². The maximum absolute atomic E-state index is 15.1. The number of hydrogen-bond acceptors (Lipinski definition) is 3. The second-order valence-electron chi connectivity index (χ2n) is 9.75. The Kier molecular flexibility index (Phi) is 7.07. The summed E-state index contributed by atoms with van der Waals surface area (Å²) >= 11 is 0. The summed E-state index contributed by atoms with van der Waals surface area (Å²) in [6.45, 7) is 10.9. The largest absolute Gasteiger partial charge is 0.494 e. The van der Waals surface area contributed by atoms with E-state index >= 15 is 4.39 Å². The van der Waals surface area contributed by atoms with Crippen molar-refractivity contribution in [2.75, 3.05) is 13.7 Å². The van der Waals surface area contributed by atoms with E-state index in [9.17, 15) is 4.39 Å². The minimum Gasteiger partial charge on any atom is -0.494 e. The summed E-state index contributed by atoms with van der Waals surface area (Å²) in [6, 6.07) is 10.5. The van der Waals surface area contributed by atoms with Gasteiger partial charge in [-0.05, 0) is 95.0 Å². The fourth-order valence-electron chi connectivity index (χ4n) is 5.30. The zero-order valence-electron chi connectivity index (χ0n) is 19.6. The fraction of sp³-hybridized carbons (Fsp3) is 0.538. The molecule has 0 atom stereocenters. The van der Waals surface area contributed by atoms with Crippen molar-refractivity contribution in [2.45, 2.75) is 77.3 Å². The van der Waals surface area contributed by atoms with Crippen molar-refractivity contribution < 1.29 is 18.4 Å². The molecule has 5 heteroatoms. The molecule has 1 aliphatic rings. The van der Waals surface area contributed by atoms with Crippen LogP contribution < -0.4 is 4.74 Å². The van der Waals surface area contributed by atoms with Gasteiger partial charge in [0.05, 0.1) is 13.7 Å². The molecule has 170 valence electrons. The molecule has 0 spiro atoms. The number of hydroxylamine groups is 2. The first-order chi connectivity index (χ1) is 14.6. The van der Waals surface area contributed by atoms with Gasteiger partial charge in [-0.2, -0.15) is 5.06 Å². The molecule has 3 rings (SSSR count). The van der Waals surface area contributed by atoms with Crippen LogP contribution in [-0.2, 0) is 17.7 Å². The maximum atomic E-state index is 15.1. The Labute approximate surface area is 185 Å². The SMILES string of the molecule is CCOc1ccc(CCc2ccc(C3CC(C)(C)N(OC)C(C)(C)C3)c(F)c2)c(F)c1. The molecule has 1 saturated heterocycles. The van der Waals surface area contributed by atoms with Crippen LogP contribution in [0.25, 0.3) is 0 Å². The van der Waals surface area contributed by atoms with Gasteiger partial charge in [0.15, 0.2) is 0 Å². The summed E-state index contributed by atoms with van der Waals surface area (Å²) in [5.74, 6) is 0.197. The fourth-order valence-corrected chi connectivity index (χ4v) is 5.30. The third kappa shape index (κ3) is 5.27. The quantitative estimate of drug-likeness (QED) is 0.503. The molecular weight excluding hydrogens is 396 g/mol. The summed E-state index contributed by atoms with van der Waals surface area (Å²) in [4.78, 5) is 5.66. The van der Waals surface area contributed by atoms with Crippen LogP contribution in [0.4, 0.5) is 8.78 Å². The lowest BCUT2D eigenvalue weighted by atomic mass is 9.72. The topological polar surface area (TPSA) is 21.7 Å². The Morgan fingerprint density at radius 1 is 0.935 bits per heavy atom. The molecule has 2 aromatic rings. The van der Waals surface area contributed by atoms with Gasteiger partial charge >= 0.3 is 0 Å². The Bertz CT molecular complexity index is 892. The van der Waals surface area contributed by atoms with E-state index in [0.29, 0.717) is 30.8 Å². The van der Waals surface area contributed by atoms with Crippen LogP contribution in [0.3, 0.4) is 0 Å². The van der Waals surface area contributed by atoms with E-state index in [-0.39, 0.29) is 28.6 Å². The molecule has 0 bridgehead atoms. The summed E-state index contributed by atoms with van der Waals surface area (Å²) < 4.78 is 34.8. The van der Waals surface area contributed by atoms with Crippen molar-refractivity contribution in [3.63, 3.8) is 0 Å². The van der Waals surface area contributed by atoms with E-state index in [0.717, 1.165) is 24.0 Å². The standard InChI is InChI=1S/C26H35F2NO2/c1-7-31-21-12-11-19(23(27)15-21)10-8-18-9-13-22(24(28)14-18)20-16-25(2,3)29(30-6)26(4,5)17-20/h9,11-15,20H,7-8,10,16-17H2,1-6H3. The molecule has 1 heterocycles. The zero-order valence-corrected chi connectivity index (χ0v) is 19.6. The Balaban J connectivity index is 1.72. The summed E-state index contributed by atoms with van der Waals surface area (Å²) in [6.07, 6.45) is 2.74. The molecule has 0 amide bonds. The van der Waals surface area contributed by atoms with Crippen LogP contribution in [0.15, 0.2) is 36.4 Å². The first kappa shape index (κ1) is 23.7. The third-order valence-corrected chi connectivity index (χ3v) is 6.30. The average Bonchev–Trinajstić information content (AvgIpc) is 2.66. The third-order valence-electron chi connectivity index (χ3n) is 6.30. The van der Waals surface area contributed by atoms with Crippen LogP contribution in [-0.4, -0.2) is 29.9 Å². The van der Waals surface area contributed by atoms with E-state index in [1.807, 2.05) is 24.1 Å². The summed E-state index contributed by atoms with van der Waals surface area (Å²) in [7, 11) is 1.70. The number of piperidine rings is 1. The predicted molar refractivity (Wildman–Crippen MR) is 120 cm³/mol. The minimum absolute atomic E-state index is 0.119. The van der Waals surface area contributed by atoms with Crippen LogP contribution in [0.1, 0.15) is 70.1 Å². The highest BCUT2D eigenvalue weighted by molar-refractivity contribution is 5.32. The van der Waals surface area contributed by atoms with Crippen LogP contribution >= 0.6 is 0 Å². The Morgan fingerprint density at radius 3 is 2.16 bits per heavy atom. The Morgan fingerprint density at radius 2 is 1.61 bits per heavy atom. The molecule has 3 nitrogen and oxygen atoms in total. The molecule has 0 aliphatic carbocycles. The van der Waals surface area contributed by atoms with E-state index in [2.05, 4.69) is 27.7 Å². The van der Waals surface area contributed by atoms with E-state index < -0.39 is 0 Å². The second-order valence-corrected chi connectivity index (χ2v) is 9.75. The highest BCUT2D eigenvalue weighted by Crippen LogP contribution is 2.46. The highest BCUT2D eigenvalue weighted by atomic mass is 19.1. The van der Waals surface area contributed by atoms with Crippen molar-refractivity contribution in [1.82, 2.24) is 5.06 Å². The second kappa shape index (κ2) is 9.25. The molecule has 1 fully saturated rings. The van der Waals surface area contributed by atoms with Crippen LogP contribution in [0, 0.1) is 11.6 Å². The van der Waals surface area contributed by atoms with Gasteiger partial charge in [-0.15, -0.1) is 0 Å². The molecule has 0 radical (unpaired) electrons. The van der Waals surface area contributed by atoms with Crippen molar-refractivity contribution in [3.05, 3.63) is 64.7 Å². The predicted octanol–water partition coefficient (Wildman–Crippen LogP) is 6.45. The normalized spacial score (nSPS) is 18.8. The molecule has 1 aliphatic heterocycles. The first-order valence-corrected chi connectivity index (χ1v) is 11.1. The number of aryl methyl sites for hydroxylation is 2. The van der Waals surface area contributed by atoms with Gasteiger partial charge < -0.3 is 9.57 Å². The number of nitrogens with zero attached hydrogens (tertiary/aromatic N) is 1. The number of ether oxygens (including phenoxy) is 1. The molecule has 0 unspecified atom stereocenters. The highest BCUT2D eigenvalue weighted by Gasteiger charge is 2.46. The average molecular weight is 432 g/mol. The van der Waals surface area contributed by atoms with Crippen molar-refractivity contribution in [3.8, 4) is 5.75 Å². The molecule has 0 saturated carbocycles. The molecular formula is C26H35F2NO2. The van der Waals surface area contributed by atoms with Gasteiger partial charge in [0.25, 0.3) is 0 Å². The molecule has 31 heavy (non-hydrogen) atoms. The Hall–Kier alpha value is -1.98. The zero-order chi connectivity index (χ0) is 22.8. The van der Waals surface area contributed by atoms with Gasteiger partial charge in [0.1, 0.15) is 17.4 Å². The van der Waals surface area contributed by atoms with E-state index in [4.69, 9.17) is 9.57 Å². The lowest BCUT2D eigenvalue weighted by Gasteiger charge is -2.53. The lowest BCUT2D eigenvalue weighted by Crippen LogP contribution is -2.59. The van der Waals surface area contributed by atoms with E-state index in [1.165, 1.54) is 6.07 Å². The lowest BCUT2D eigenvalue weighted by molar-refractivity contribution is -0.266. The van der Waals surface area contributed by atoms with Crippen molar-refractivity contribution in [1.29, 1.82) is 0 Å². The van der Waals surface area contributed by atoms with Gasteiger partial charge in [-0.3, -0.25) is 0 Å². The van der Waals surface area contributed by atoms with Crippen molar-refractivity contribution in [2.24, 2.45) is 0 Å². The maximum Gasteiger partial charge on any atom is 0.130 e. The minimum atomic E-state index is -0.280.